The average molecular weight is 295 g/mol. The summed E-state index contributed by atoms with van der Waals surface area (Å²) >= 11 is 0. The van der Waals surface area contributed by atoms with Gasteiger partial charge in [-0.1, -0.05) is 6.07 Å². The van der Waals surface area contributed by atoms with Crippen molar-refractivity contribution in [1.82, 2.24) is 9.29 Å². The van der Waals surface area contributed by atoms with Crippen molar-refractivity contribution in [2.45, 2.75) is 31.7 Å². The van der Waals surface area contributed by atoms with E-state index in [-0.39, 0.29) is 6.04 Å². The Morgan fingerprint density at radius 1 is 1.15 bits per heavy atom. The molecule has 0 aromatic carbocycles. The van der Waals surface area contributed by atoms with Gasteiger partial charge in [-0.3, -0.25) is 0 Å². The van der Waals surface area contributed by atoms with Gasteiger partial charge in [-0.05, 0) is 37.8 Å². The van der Waals surface area contributed by atoms with Crippen LogP contribution in [0.2, 0.25) is 0 Å². The highest BCUT2D eigenvalue weighted by atomic mass is 32.2. The first kappa shape index (κ1) is 13.8. The molecule has 3 rings (SSSR count). The van der Waals surface area contributed by atoms with Gasteiger partial charge in [-0.15, -0.1) is 0 Å². The van der Waals surface area contributed by atoms with Gasteiger partial charge in [0.25, 0.3) is 0 Å². The van der Waals surface area contributed by atoms with Crippen LogP contribution in [0, 0.1) is 0 Å². The summed E-state index contributed by atoms with van der Waals surface area (Å²) in [6.45, 7) is 2.72. The summed E-state index contributed by atoms with van der Waals surface area (Å²) < 4.78 is 25.3. The molecule has 0 spiro atoms. The summed E-state index contributed by atoms with van der Waals surface area (Å²) in [5.74, 6) is 0.986. The number of hydrogen-bond donors (Lipinski definition) is 0. The fourth-order valence-corrected chi connectivity index (χ4v) is 4.32. The summed E-state index contributed by atoms with van der Waals surface area (Å²) in [6.07, 6.45) is 5.49. The van der Waals surface area contributed by atoms with Crippen LogP contribution in [0.15, 0.2) is 18.2 Å². The lowest BCUT2D eigenvalue weighted by atomic mass is 10.1. The van der Waals surface area contributed by atoms with E-state index >= 15 is 0 Å². The Kier molecular flexibility index (Phi) is 3.69. The number of nitrogens with zero attached hydrogens (tertiary/aromatic N) is 3. The normalized spacial score (nSPS) is 24.4. The molecule has 0 radical (unpaired) electrons. The highest BCUT2D eigenvalue weighted by molar-refractivity contribution is 7.88. The average Bonchev–Trinajstić information content (AvgIpc) is 3.10. The maximum Gasteiger partial charge on any atom is 0.211 e. The molecular weight excluding hydrogens is 274 g/mol. The minimum Gasteiger partial charge on any atom is -0.357 e. The molecule has 2 fully saturated rings. The molecule has 2 saturated heterocycles. The van der Waals surface area contributed by atoms with E-state index in [1.54, 1.807) is 4.31 Å². The second-order valence-electron chi connectivity index (χ2n) is 5.65. The Morgan fingerprint density at radius 3 is 2.60 bits per heavy atom. The molecule has 0 N–H and O–H groups in total. The smallest absolute Gasteiger partial charge is 0.211 e. The molecular formula is C14H21N3O2S. The third kappa shape index (κ3) is 2.67. The topological polar surface area (TPSA) is 53.5 Å². The van der Waals surface area contributed by atoms with Gasteiger partial charge in [0.05, 0.1) is 18.0 Å². The van der Waals surface area contributed by atoms with Crippen LogP contribution in [0.4, 0.5) is 5.82 Å². The molecule has 6 heteroatoms. The first-order valence-electron chi connectivity index (χ1n) is 7.24. The Balaban J connectivity index is 1.88. The largest absolute Gasteiger partial charge is 0.357 e. The number of aromatic nitrogens is 1. The third-order valence-electron chi connectivity index (χ3n) is 4.16. The Bertz CT molecular complexity index is 582. The summed E-state index contributed by atoms with van der Waals surface area (Å²) in [4.78, 5) is 7.00. The summed E-state index contributed by atoms with van der Waals surface area (Å²) in [5, 5.41) is 0. The maximum absolute atomic E-state index is 11.8. The van der Waals surface area contributed by atoms with E-state index in [1.165, 1.54) is 19.1 Å². The molecule has 1 atom stereocenters. The van der Waals surface area contributed by atoms with Crippen LogP contribution in [0.3, 0.4) is 0 Å². The standard InChI is InChI=1S/C14H21N3O2S/c1-20(18,19)17-11-5-7-13(17)12-6-4-8-14(15-12)16-9-2-3-10-16/h4,6,8,13H,2-3,5,7,9-11H2,1H3/t13-/m0/s1. The van der Waals surface area contributed by atoms with Crippen molar-refractivity contribution in [2.24, 2.45) is 0 Å². The van der Waals surface area contributed by atoms with Crippen molar-refractivity contribution in [1.29, 1.82) is 0 Å². The fraction of sp³-hybridized carbons (Fsp3) is 0.643. The zero-order chi connectivity index (χ0) is 14.2. The van der Waals surface area contributed by atoms with Gasteiger partial charge in [0.1, 0.15) is 5.82 Å². The first-order valence-corrected chi connectivity index (χ1v) is 9.09. The van der Waals surface area contributed by atoms with E-state index in [2.05, 4.69) is 4.90 Å². The quantitative estimate of drug-likeness (QED) is 0.853. The highest BCUT2D eigenvalue weighted by Crippen LogP contribution is 2.33. The fourth-order valence-electron chi connectivity index (χ4n) is 3.18. The number of sulfonamides is 1. The first-order chi connectivity index (χ1) is 9.55. The van der Waals surface area contributed by atoms with Gasteiger partial charge in [0, 0.05) is 19.6 Å². The van der Waals surface area contributed by atoms with E-state index < -0.39 is 10.0 Å². The minimum atomic E-state index is -3.15. The zero-order valence-electron chi connectivity index (χ0n) is 11.8. The van der Waals surface area contributed by atoms with Crippen LogP contribution in [0.5, 0.6) is 0 Å². The Hall–Kier alpha value is -1.14. The monoisotopic (exact) mass is 295 g/mol. The van der Waals surface area contributed by atoms with Crippen molar-refractivity contribution < 1.29 is 8.42 Å². The molecule has 1 aromatic rings. The second-order valence-corrected chi connectivity index (χ2v) is 7.58. The van der Waals surface area contributed by atoms with Gasteiger partial charge < -0.3 is 4.90 Å². The van der Waals surface area contributed by atoms with Crippen molar-refractivity contribution in [3.63, 3.8) is 0 Å². The molecule has 0 bridgehead atoms. The molecule has 2 aliphatic heterocycles. The predicted molar refractivity (Wildman–Crippen MR) is 79.2 cm³/mol. The third-order valence-corrected chi connectivity index (χ3v) is 5.45. The number of rotatable bonds is 3. The molecule has 110 valence electrons. The van der Waals surface area contributed by atoms with Crippen molar-refractivity contribution in [3.8, 4) is 0 Å². The highest BCUT2D eigenvalue weighted by Gasteiger charge is 2.33. The van der Waals surface area contributed by atoms with Gasteiger partial charge >= 0.3 is 0 Å². The molecule has 0 saturated carbocycles. The van der Waals surface area contributed by atoms with Crippen molar-refractivity contribution in [3.05, 3.63) is 23.9 Å². The van der Waals surface area contributed by atoms with Gasteiger partial charge in [0.15, 0.2) is 0 Å². The van der Waals surface area contributed by atoms with E-state index in [4.69, 9.17) is 4.98 Å². The van der Waals surface area contributed by atoms with Gasteiger partial charge in [-0.2, -0.15) is 4.31 Å². The lowest BCUT2D eigenvalue weighted by Crippen LogP contribution is -2.30. The van der Waals surface area contributed by atoms with Crippen LogP contribution in [-0.2, 0) is 10.0 Å². The van der Waals surface area contributed by atoms with E-state index in [1.807, 2.05) is 18.2 Å². The molecule has 3 heterocycles. The van der Waals surface area contributed by atoms with Crippen LogP contribution in [0.25, 0.3) is 0 Å². The molecule has 5 nitrogen and oxygen atoms in total. The molecule has 0 unspecified atom stereocenters. The van der Waals surface area contributed by atoms with Crippen LogP contribution >= 0.6 is 0 Å². The molecule has 1 aromatic heterocycles. The lowest BCUT2D eigenvalue weighted by molar-refractivity contribution is 0.394. The second kappa shape index (κ2) is 5.33. The predicted octanol–water partition coefficient (Wildman–Crippen LogP) is 1.78. The minimum absolute atomic E-state index is 0.0902. The molecule has 2 aliphatic rings. The number of hydrogen-bond acceptors (Lipinski definition) is 4. The Morgan fingerprint density at radius 2 is 1.90 bits per heavy atom. The van der Waals surface area contributed by atoms with Gasteiger partial charge in [0.2, 0.25) is 10.0 Å². The van der Waals surface area contributed by atoms with Crippen LogP contribution < -0.4 is 4.90 Å². The number of anilines is 1. The molecule has 20 heavy (non-hydrogen) atoms. The van der Waals surface area contributed by atoms with Crippen LogP contribution in [0.1, 0.15) is 37.4 Å². The summed E-state index contributed by atoms with van der Waals surface area (Å²) in [5.41, 5.74) is 0.886. The van der Waals surface area contributed by atoms with Crippen molar-refractivity contribution in [2.75, 3.05) is 30.8 Å². The SMILES string of the molecule is CS(=O)(=O)N1CCC[C@H]1c1cccc(N2CCCC2)n1. The van der Waals surface area contributed by atoms with Gasteiger partial charge in [-0.25, -0.2) is 13.4 Å². The van der Waals surface area contributed by atoms with E-state index in [0.29, 0.717) is 6.54 Å². The molecule has 0 amide bonds. The lowest BCUT2D eigenvalue weighted by Gasteiger charge is -2.23. The Labute approximate surface area is 120 Å². The molecule has 0 aliphatic carbocycles. The summed E-state index contributed by atoms with van der Waals surface area (Å²) in [6, 6.07) is 5.88. The van der Waals surface area contributed by atoms with Crippen molar-refractivity contribution >= 4 is 15.8 Å². The van der Waals surface area contributed by atoms with E-state index in [9.17, 15) is 8.42 Å². The van der Waals surface area contributed by atoms with E-state index in [0.717, 1.165) is 37.4 Å². The zero-order valence-corrected chi connectivity index (χ0v) is 12.6. The summed E-state index contributed by atoms with van der Waals surface area (Å²) in [7, 11) is -3.15. The number of pyridine rings is 1. The maximum atomic E-state index is 11.8. The van der Waals surface area contributed by atoms with Crippen LogP contribution in [-0.4, -0.2) is 43.6 Å².